The average Bonchev–Trinajstić information content (AvgIpc) is 2.27. The monoisotopic (exact) mass is 207 g/mol. The van der Waals surface area contributed by atoms with E-state index in [0.717, 1.165) is 0 Å². The van der Waals surface area contributed by atoms with E-state index >= 15 is 0 Å². The Labute approximate surface area is 87.8 Å². The van der Waals surface area contributed by atoms with Gasteiger partial charge in [-0.1, -0.05) is 17.3 Å². The van der Waals surface area contributed by atoms with Crippen molar-refractivity contribution in [1.29, 1.82) is 0 Å². The zero-order chi connectivity index (χ0) is 11.4. The second kappa shape index (κ2) is 4.45. The van der Waals surface area contributed by atoms with Crippen molar-refractivity contribution < 1.29 is 10.0 Å². The highest BCUT2D eigenvalue weighted by atomic mass is 16.4. The van der Waals surface area contributed by atoms with E-state index in [1.54, 1.807) is 31.3 Å². The van der Waals surface area contributed by atoms with E-state index in [1.165, 1.54) is 11.8 Å². The molecule has 1 amide bonds. The van der Waals surface area contributed by atoms with Gasteiger partial charge in [0, 0.05) is 19.5 Å². The molecule has 0 heterocycles. The molecule has 80 valence electrons. The number of nitrogens with zero attached hydrogens (tertiary/aromatic N) is 2. The summed E-state index contributed by atoms with van der Waals surface area (Å²) in [7, 11) is 1.63. The number of hydrogen-bond donors (Lipinski definition) is 2. The molecule has 3 N–H and O–H groups in total. The minimum Gasteiger partial charge on any atom is -0.409 e. The minimum absolute atomic E-state index is 0.0151. The molecular formula is C10H13N3O2. The van der Waals surface area contributed by atoms with Crippen LogP contribution in [0.4, 0.5) is 5.69 Å². The molecular weight excluding hydrogens is 194 g/mol. The first-order valence-electron chi connectivity index (χ1n) is 4.39. The molecule has 1 rings (SSSR count). The smallest absolute Gasteiger partial charge is 0.223 e. The largest absolute Gasteiger partial charge is 0.409 e. The topological polar surface area (TPSA) is 78.9 Å². The van der Waals surface area contributed by atoms with Gasteiger partial charge in [0.15, 0.2) is 5.84 Å². The third-order valence-corrected chi connectivity index (χ3v) is 2.12. The van der Waals surface area contributed by atoms with Crippen molar-refractivity contribution in [3.8, 4) is 0 Å². The number of carbonyl (C=O) groups excluding carboxylic acids is 1. The molecule has 0 unspecified atom stereocenters. The summed E-state index contributed by atoms with van der Waals surface area (Å²) in [6.45, 7) is 1.45. The molecule has 0 aromatic heterocycles. The number of amidine groups is 1. The maximum atomic E-state index is 11.2. The Balaban J connectivity index is 3.23. The number of amides is 1. The van der Waals surface area contributed by atoms with Gasteiger partial charge in [-0.3, -0.25) is 4.79 Å². The van der Waals surface area contributed by atoms with Gasteiger partial charge < -0.3 is 15.8 Å². The molecule has 5 heteroatoms. The number of rotatable bonds is 2. The van der Waals surface area contributed by atoms with E-state index in [9.17, 15) is 4.79 Å². The summed E-state index contributed by atoms with van der Waals surface area (Å²) in [5.74, 6) is -0.133. The summed E-state index contributed by atoms with van der Waals surface area (Å²) >= 11 is 0. The van der Waals surface area contributed by atoms with Crippen LogP contribution >= 0.6 is 0 Å². The fourth-order valence-corrected chi connectivity index (χ4v) is 1.21. The lowest BCUT2D eigenvalue weighted by atomic mass is 10.1. The molecule has 0 saturated heterocycles. The zero-order valence-electron chi connectivity index (χ0n) is 8.64. The number of anilines is 1. The first kappa shape index (κ1) is 11.0. The average molecular weight is 207 g/mol. The predicted octanol–water partition coefficient (Wildman–Crippen LogP) is 0.764. The quantitative estimate of drug-likeness (QED) is 0.325. The Bertz CT molecular complexity index is 401. The van der Waals surface area contributed by atoms with Crippen molar-refractivity contribution in [2.24, 2.45) is 10.9 Å². The summed E-state index contributed by atoms with van der Waals surface area (Å²) in [4.78, 5) is 12.6. The van der Waals surface area contributed by atoms with Crippen LogP contribution < -0.4 is 10.6 Å². The molecule has 0 aliphatic carbocycles. The van der Waals surface area contributed by atoms with E-state index in [0.29, 0.717) is 11.3 Å². The second-order valence-electron chi connectivity index (χ2n) is 3.08. The molecule has 0 atom stereocenters. The molecule has 5 nitrogen and oxygen atoms in total. The number of oxime groups is 1. The maximum Gasteiger partial charge on any atom is 0.223 e. The standard InChI is InChI=1S/C10H13N3O2/c1-7(14)13(2)9-6-4-3-5-8(9)10(11)12-15/h3-6,15H,1-2H3,(H2,11,12). The molecule has 0 spiro atoms. The van der Waals surface area contributed by atoms with Crippen LogP contribution in [-0.2, 0) is 4.79 Å². The van der Waals surface area contributed by atoms with Crippen LogP contribution in [-0.4, -0.2) is 24.0 Å². The third-order valence-electron chi connectivity index (χ3n) is 2.12. The SMILES string of the molecule is CC(=O)N(C)c1ccccc1/C(N)=N/O. The lowest BCUT2D eigenvalue weighted by Crippen LogP contribution is -2.26. The fourth-order valence-electron chi connectivity index (χ4n) is 1.21. The van der Waals surface area contributed by atoms with E-state index in [2.05, 4.69) is 5.16 Å². The third kappa shape index (κ3) is 2.25. The molecule has 0 bridgehead atoms. The molecule has 0 aliphatic rings. The second-order valence-corrected chi connectivity index (χ2v) is 3.08. The van der Waals surface area contributed by atoms with Crippen molar-refractivity contribution in [3.05, 3.63) is 29.8 Å². The highest BCUT2D eigenvalue weighted by Gasteiger charge is 2.12. The minimum atomic E-state index is -0.117. The Morgan fingerprint density at radius 3 is 2.60 bits per heavy atom. The van der Waals surface area contributed by atoms with Crippen LogP contribution in [0.2, 0.25) is 0 Å². The van der Waals surface area contributed by atoms with Gasteiger partial charge >= 0.3 is 0 Å². The molecule has 1 aromatic carbocycles. The van der Waals surface area contributed by atoms with Crippen LogP contribution in [0.3, 0.4) is 0 Å². The van der Waals surface area contributed by atoms with Gasteiger partial charge in [-0.25, -0.2) is 0 Å². The van der Waals surface area contributed by atoms with Gasteiger partial charge in [0.05, 0.1) is 5.69 Å². The van der Waals surface area contributed by atoms with Gasteiger partial charge in [-0.05, 0) is 12.1 Å². The summed E-state index contributed by atoms with van der Waals surface area (Å²) in [5, 5.41) is 11.5. The van der Waals surface area contributed by atoms with Gasteiger partial charge in [-0.2, -0.15) is 0 Å². The van der Waals surface area contributed by atoms with Crippen molar-refractivity contribution in [2.45, 2.75) is 6.92 Å². The molecule has 0 saturated carbocycles. The van der Waals surface area contributed by atoms with Crippen LogP contribution in [0, 0.1) is 0 Å². The van der Waals surface area contributed by atoms with E-state index in [1.807, 2.05) is 0 Å². The molecule has 0 aliphatic heterocycles. The van der Waals surface area contributed by atoms with Gasteiger partial charge in [-0.15, -0.1) is 0 Å². The molecule has 15 heavy (non-hydrogen) atoms. The maximum absolute atomic E-state index is 11.2. The number of para-hydroxylation sites is 1. The van der Waals surface area contributed by atoms with Gasteiger partial charge in [0.1, 0.15) is 0 Å². The summed E-state index contributed by atoms with van der Waals surface area (Å²) in [5.41, 5.74) is 6.63. The Morgan fingerprint density at radius 2 is 2.07 bits per heavy atom. The lowest BCUT2D eigenvalue weighted by molar-refractivity contribution is -0.116. The highest BCUT2D eigenvalue weighted by molar-refractivity contribution is 6.05. The zero-order valence-corrected chi connectivity index (χ0v) is 8.64. The first-order chi connectivity index (χ1) is 7.07. The highest BCUT2D eigenvalue weighted by Crippen LogP contribution is 2.18. The molecule has 0 fully saturated rings. The Morgan fingerprint density at radius 1 is 1.47 bits per heavy atom. The van der Waals surface area contributed by atoms with Crippen molar-refractivity contribution in [3.63, 3.8) is 0 Å². The van der Waals surface area contributed by atoms with Crippen LogP contribution in [0.25, 0.3) is 0 Å². The van der Waals surface area contributed by atoms with Crippen LogP contribution in [0.5, 0.6) is 0 Å². The normalized spacial score (nSPS) is 11.2. The number of nitrogens with two attached hydrogens (primary N) is 1. The Hall–Kier alpha value is -2.04. The lowest BCUT2D eigenvalue weighted by Gasteiger charge is -2.18. The van der Waals surface area contributed by atoms with Crippen molar-refractivity contribution >= 4 is 17.4 Å². The van der Waals surface area contributed by atoms with E-state index < -0.39 is 0 Å². The molecule has 1 aromatic rings. The molecule has 0 radical (unpaired) electrons. The van der Waals surface area contributed by atoms with Crippen LogP contribution in [0.15, 0.2) is 29.4 Å². The number of carbonyl (C=O) groups is 1. The van der Waals surface area contributed by atoms with E-state index in [-0.39, 0.29) is 11.7 Å². The summed E-state index contributed by atoms with van der Waals surface area (Å²) < 4.78 is 0. The van der Waals surface area contributed by atoms with Crippen LogP contribution in [0.1, 0.15) is 12.5 Å². The number of benzene rings is 1. The summed E-state index contributed by atoms with van der Waals surface area (Å²) in [6.07, 6.45) is 0. The predicted molar refractivity (Wildman–Crippen MR) is 58.0 cm³/mol. The fraction of sp³-hybridized carbons (Fsp3) is 0.200. The number of hydrogen-bond acceptors (Lipinski definition) is 3. The van der Waals surface area contributed by atoms with Gasteiger partial charge in [0.2, 0.25) is 5.91 Å². The van der Waals surface area contributed by atoms with Gasteiger partial charge in [0.25, 0.3) is 0 Å². The Kier molecular flexibility index (Phi) is 3.28. The first-order valence-corrected chi connectivity index (χ1v) is 4.39. The van der Waals surface area contributed by atoms with E-state index in [4.69, 9.17) is 10.9 Å². The van der Waals surface area contributed by atoms with Crippen molar-refractivity contribution in [2.75, 3.05) is 11.9 Å². The summed E-state index contributed by atoms with van der Waals surface area (Å²) in [6, 6.07) is 6.95. The van der Waals surface area contributed by atoms with Crippen molar-refractivity contribution in [1.82, 2.24) is 0 Å².